The Morgan fingerprint density at radius 3 is 2.79 bits per heavy atom. The monoisotopic (exact) mass is 341 g/mol. The molecule has 0 N–H and O–H groups in total. The number of amides is 1. The molecule has 1 fully saturated rings. The molecule has 0 unspecified atom stereocenters. The van der Waals surface area contributed by atoms with Crippen LogP contribution in [-0.4, -0.2) is 37.2 Å². The van der Waals surface area contributed by atoms with Gasteiger partial charge >= 0.3 is 0 Å². The van der Waals surface area contributed by atoms with Crippen LogP contribution >= 0.6 is 11.3 Å². The minimum absolute atomic E-state index is 0.193. The number of benzene rings is 1. The molecule has 4 rings (SSSR count). The van der Waals surface area contributed by atoms with E-state index in [2.05, 4.69) is 41.3 Å². The number of likely N-dealkylation sites (tertiary alicyclic amines) is 1. The molecule has 1 aliphatic heterocycles. The Balaban J connectivity index is 1.52. The lowest BCUT2D eigenvalue weighted by molar-refractivity contribution is -0.128. The average molecular weight is 341 g/mol. The van der Waals surface area contributed by atoms with Crippen molar-refractivity contribution in [3.63, 3.8) is 0 Å². The van der Waals surface area contributed by atoms with Crippen LogP contribution < -0.4 is 0 Å². The molecule has 0 radical (unpaired) electrons. The van der Waals surface area contributed by atoms with Crippen molar-refractivity contribution in [2.45, 2.75) is 38.6 Å². The highest BCUT2D eigenvalue weighted by Crippen LogP contribution is 2.29. The summed E-state index contributed by atoms with van der Waals surface area (Å²) in [5.41, 5.74) is 1.23. The first-order valence-corrected chi connectivity index (χ1v) is 8.97. The van der Waals surface area contributed by atoms with Gasteiger partial charge in [-0.05, 0) is 5.56 Å². The smallest absolute Gasteiger partial charge is 0.234 e. The molecular weight excluding hydrogens is 322 g/mol. The number of aromatic nitrogens is 4. The van der Waals surface area contributed by atoms with Crippen LogP contribution in [0.1, 0.15) is 48.5 Å². The van der Waals surface area contributed by atoms with E-state index in [-0.39, 0.29) is 17.7 Å². The van der Waals surface area contributed by atoms with Crippen molar-refractivity contribution in [1.29, 1.82) is 0 Å². The summed E-state index contributed by atoms with van der Waals surface area (Å²) in [7, 11) is 0. The molecule has 0 aliphatic carbocycles. The van der Waals surface area contributed by atoms with Gasteiger partial charge in [0.25, 0.3) is 0 Å². The van der Waals surface area contributed by atoms with Gasteiger partial charge in [-0.3, -0.25) is 4.79 Å². The van der Waals surface area contributed by atoms with Crippen molar-refractivity contribution >= 4 is 22.2 Å². The molecule has 0 bridgehead atoms. The minimum Gasteiger partial charge on any atom is -0.335 e. The quantitative estimate of drug-likeness (QED) is 0.732. The first-order chi connectivity index (χ1) is 11.6. The lowest BCUT2D eigenvalue weighted by Crippen LogP contribution is -2.24. The lowest BCUT2D eigenvalue weighted by Gasteiger charge is -2.14. The predicted octanol–water partition coefficient (Wildman–Crippen LogP) is 2.83. The van der Waals surface area contributed by atoms with Gasteiger partial charge in [0.2, 0.25) is 10.9 Å². The maximum atomic E-state index is 12.4. The number of fused-ring (bicyclic) bond motifs is 1. The van der Waals surface area contributed by atoms with E-state index >= 15 is 0 Å². The van der Waals surface area contributed by atoms with Crippen molar-refractivity contribution in [3.05, 3.63) is 46.7 Å². The summed E-state index contributed by atoms with van der Waals surface area (Å²) in [6.07, 6.45) is 0.575. The van der Waals surface area contributed by atoms with Crippen molar-refractivity contribution in [2.75, 3.05) is 6.54 Å². The molecule has 24 heavy (non-hydrogen) atoms. The van der Waals surface area contributed by atoms with Crippen LogP contribution in [0.2, 0.25) is 0 Å². The van der Waals surface area contributed by atoms with Gasteiger partial charge in [0.05, 0.1) is 6.54 Å². The summed E-state index contributed by atoms with van der Waals surface area (Å²) < 4.78 is 1.81. The number of nitrogens with zero attached hydrogens (tertiary/aromatic N) is 5. The molecule has 1 aliphatic rings. The van der Waals surface area contributed by atoms with E-state index < -0.39 is 0 Å². The average Bonchev–Trinajstić information content (AvgIpc) is 3.23. The second kappa shape index (κ2) is 5.98. The molecule has 1 atom stereocenters. The van der Waals surface area contributed by atoms with Crippen LogP contribution in [-0.2, 0) is 11.3 Å². The largest absolute Gasteiger partial charge is 0.335 e. The Bertz CT molecular complexity index is 870. The first-order valence-electron chi connectivity index (χ1n) is 8.15. The Hall–Kier alpha value is -2.28. The third-order valence-corrected chi connectivity index (χ3v) is 5.27. The summed E-state index contributed by atoms with van der Waals surface area (Å²) in [5.74, 6) is 1.60. The third-order valence-electron chi connectivity index (χ3n) is 4.38. The third kappa shape index (κ3) is 2.69. The zero-order valence-corrected chi connectivity index (χ0v) is 14.5. The van der Waals surface area contributed by atoms with E-state index in [1.54, 1.807) is 4.52 Å². The Morgan fingerprint density at radius 2 is 2.04 bits per heavy atom. The number of rotatable bonds is 4. The molecular formula is C17H19N5OS. The fraction of sp³-hybridized carbons (Fsp3) is 0.412. The van der Waals surface area contributed by atoms with Gasteiger partial charge in [-0.25, -0.2) is 0 Å². The molecule has 3 aromatic rings. The summed E-state index contributed by atoms with van der Waals surface area (Å²) in [5, 5.41) is 13.9. The number of hydrogen-bond donors (Lipinski definition) is 0. The SMILES string of the molecule is CC(C)c1nnc2sc(CN3C[C@@H](c4ccccc4)CC3=O)nn12. The standard InChI is InChI=1S/C17H19N5OS/c1-11(2)16-18-19-17-22(16)20-14(24-17)10-21-9-13(8-15(21)23)12-6-4-3-5-7-12/h3-7,11,13H,8-10H2,1-2H3/t13-/m0/s1. The predicted molar refractivity (Wildman–Crippen MR) is 92.0 cm³/mol. The van der Waals surface area contributed by atoms with Gasteiger partial charge < -0.3 is 4.90 Å². The molecule has 1 amide bonds. The Kier molecular flexibility index (Phi) is 3.80. The highest BCUT2D eigenvalue weighted by atomic mass is 32.1. The number of carbonyl (C=O) groups excluding carboxylic acids is 1. The molecule has 3 heterocycles. The topological polar surface area (TPSA) is 63.4 Å². The van der Waals surface area contributed by atoms with Gasteiger partial charge in [0.15, 0.2) is 5.82 Å². The van der Waals surface area contributed by atoms with E-state index in [9.17, 15) is 4.79 Å². The van der Waals surface area contributed by atoms with Crippen molar-refractivity contribution < 1.29 is 4.79 Å². The second-order valence-electron chi connectivity index (χ2n) is 6.49. The molecule has 6 nitrogen and oxygen atoms in total. The molecule has 0 saturated carbocycles. The van der Waals surface area contributed by atoms with E-state index in [4.69, 9.17) is 0 Å². The summed E-state index contributed by atoms with van der Waals surface area (Å²) in [4.78, 5) is 15.1. The molecule has 1 saturated heterocycles. The lowest BCUT2D eigenvalue weighted by atomic mass is 9.99. The van der Waals surface area contributed by atoms with E-state index in [0.29, 0.717) is 13.0 Å². The van der Waals surface area contributed by atoms with Crippen LogP contribution in [0.25, 0.3) is 4.96 Å². The Morgan fingerprint density at radius 1 is 1.25 bits per heavy atom. The van der Waals surface area contributed by atoms with Crippen LogP contribution in [0.4, 0.5) is 0 Å². The summed E-state index contributed by atoms with van der Waals surface area (Å²) in [6.45, 7) is 5.45. The zero-order chi connectivity index (χ0) is 16.7. The van der Waals surface area contributed by atoms with Gasteiger partial charge in [-0.2, -0.15) is 9.61 Å². The van der Waals surface area contributed by atoms with Crippen molar-refractivity contribution in [3.8, 4) is 0 Å². The van der Waals surface area contributed by atoms with E-state index in [1.807, 2.05) is 23.1 Å². The normalized spacial score (nSPS) is 18.2. The van der Waals surface area contributed by atoms with Gasteiger partial charge in [0.1, 0.15) is 5.01 Å². The molecule has 2 aromatic heterocycles. The fourth-order valence-electron chi connectivity index (χ4n) is 3.13. The Labute approximate surface area is 144 Å². The highest BCUT2D eigenvalue weighted by molar-refractivity contribution is 7.16. The molecule has 124 valence electrons. The van der Waals surface area contributed by atoms with Gasteiger partial charge in [-0.1, -0.05) is 55.5 Å². The highest BCUT2D eigenvalue weighted by Gasteiger charge is 2.31. The number of hydrogen-bond acceptors (Lipinski definition) is 5. The second-order valence-corrected chi connectivity index (χ2v) is 7.53. The molecule has 0 spiro atoms. The summed E-state index contributed by atoms with van der Waals surface area (Å²) in [6, 6.07) is 10.3. The molecule has 1 aromatic carbocycles. The van der Waals surface area contributed by atoms with E-state index in [0.717, 1.165) is 22.3 Å². The van der Waals surface area contributed by atoms with Gasteiger partial charge in [0, 0.05) is 24.8 Å². The van der Waals surface area contributed by atoms with E-state index in [1.165, 1.54) is 16.9 Å². The van der Waals surface area contributed by atoms with Crippen LogP contribution in [0.3, 0.4) is 0 Å². The minimum atomic E-state index is 0.193. The maximum Gasteiger partial charge on any atom is 0.234 e. The fourth-order valence-corrected chi connectivity index (χ4v) is 3.99. The van der Waals surface area contributed by atoms with Crippen LogP contribution in [0, 0.1) is 0 Å². The maximum absolute atomic E-state index is 12.4. The first kappa shape index (κ1) is 15.3. The summed E-state index contributed by atoms with van der Waals surface area (Å²) >= 11 is 1.51. The van der Waals surface area contributed by atoms with Crippen LogP contribution in [0.5, 0.6) is 0 Å². The van der Waals surface area contributed by atoms with Crippen LogP contribution in [0.15, 0.2) is 30.3 Å². The van der Waals surface area contributed by atoms with Crippen molar-refractivity contribution in [1.82, 2.24) is 24.7 Å². The number of carbonyl (C=O) groups is 1. The van der Waals surface area contributed by atoms with Gasteiger partial charge in [-0.15, -0.1) is 10.2 Å². The zero-order valence-electron chi connectivity index (χ0n) is 13.7. The van der Waals surface area contributed by atoms with Crippen molar-refractivity contribution in [2.24, 2.45) is 0 Å². The molecule has 7 heteroatoms.